The smallest absolute Gasteiger partial charge is 0.324 e. The number of carbonyl (C=O) groups excluding carboxylic acids is 1. The van der Waals surface area contributed by atoms with Crippen molar-refractivity contribution in [1.29, 1.82) is 0 Å². The highest BCUT2D eigenvalue weighted by atomic mass is 35.5. The quantitative estimate of drug-likeness (QED) is 0.697. The molecule has 0 bridgehead atoms. The first kappa shape index (κ1) is 19.7. The van der Waals surface area contributed by atoms with Crippen LogP contribution in [0.2, 0.25) is 5.02 Å². The molecule has 0 heterocycles. The predicted molar refractivity (Wildman–Crippen MR) is 97.2 cm³/mol. The largest absolute Gasteiger partial charge is 0.416 e. The highest BCUT2D eigenvalue weighted by molar-refractivity contribution is 7.99. The van der Waals surface area contributed by atoms with E-state index in [0.29, 0.717) is 5.75 Å². The van der Waals surface area contributed by atoms with E-state index in [1.54, 1.807) is 0 Å². The van der Waals surface area contributed by atoms with Crippen LogP contribution >= 0.6 is 23.4 Å². The van der Waals surface area contributed by atoms with Gasteiger partial charge in [-0.15, -0.1) is 11.8 Å². The van der Waals surface area contributed by atoms with Gasteiger partial charge >= 0.3 is 6.18 Å². The van der Waals surface area contributed by atoms with Gasteiger partial charge < -0.3 is 5.32 Å². The highest BCUT2D eigenvalue weighted by Gasteiger charge is 2.31. The first-order chi connectivity index (χ1) is 11.6. The second kappa shape index (κ2) is 8.15. The van der Waals surface area contributed by atoms with Crippen molar-refractivity contribution in [1.82, 2.24) is 0 Å². The van der Waals surface area contributed by atoms with E-state index in [4.69, 9.17) is 11.6 Å². The van der Waals surface area contributed by atoms with Crippen LogP contribution in [-0.4, -0.2) is 11.7 Å². The Hall–Kier alpha value is -1.66. The van der Waals surface area contributed by atoms with Crippen LogP contribution in [0.3, 0.4) is 0 Å². The van der Waals surface area contributed by atoms with E-state index in [-0.39, 0.29) is 16.5 Å². The van der Waals surface area contributed by atoms with E-state index in [0.717, 1.165) is 34.9 Å². The van der Waals surface area contributed by atoms with Crippen molar-refractivity contribution in [2.24, 2.45) is 0 Å². The summed E-state index contributed by atoms with van der Waals surface area (Å²) in [5.41, 5.74) is 2.52. The van der Waals surface area contributed by atoms with Crippen LogP contribution in [0.25, 0.3) is 0 Å². The van der Waals surface area contributed by atoms with E-state index < -0.39 is 17.6 Å². The monoisotopic (exact) mass is 387 g/mol. The molecule has 7 heteroatoms. The van der Waals surface area contributed by atoms with Crippen LogP contribution in [0.1, 0.15) is 22.3 Å². The standard InChI is InChI=1S/C18H17ClF3NOS/c1-11-5-12(2)7-13(6-11)9-25-10-17(24)23-16-8-14(18(20,21)22)3-4-15(16)19/h3-8H,9-10H2,1-2H3,(H,23,24). The Morgan fingerprint density at radius 2 is 1.76 bits per heavy atom. The second-order valence-corrected chi connectivity index (χ2v) is 7.12. The summed E-state index contributed by atoms with van der Waals surface area (Å²) in [7, 11) is 0. The van der Waals surface area contributed by atoms with Crippen molar-refractivity contribution >= 4 is 35.0 Å². The van der Waals surface area contributed by atoms with Gasteiger partial charge in [-0.2, -0.15) is 13.2 Å². The lowest BCUT2D eigenvalue weighted by Crippen LogP contribution is -2.15. The zero-order valence-electron chi connectivity index (χ0n) is 13.7. The predicted octanol–water partition coefficient (Wildman–Crippen LogP) is 5.85. The van der Waals surface area contributed by atoms with Crippen molar-refractivity contribution in [2.75, 3.05) is 11.1 Å². The summed E-state index contributed by atoms with van der Waals surface area (Å²) in [5.74, 6) is 0.377. The lowest BCUT2D eigenvalue weighted by Gasteiger charge is -2.11. The number of nitrogens with one attached hydrogen (secondary N) is 1. The molecule has 0 radical (unpaired) electrons. The SMILES string of the molecule is Cc1cc(C)cc(CSCC(=O)Nc2cc(C(F)(F)F)ccc2Cl)c1. The molecule has 0 saturated carbocycles. The molecular formula is C18H17ClF3NOS. The Kier molecular flexibility index (Phi) is 6.41. The number of hydrogen-bond donors (Lipinski definition) is 1. The minimum Gasteiger partial charge on any atom is -0.324 e. The number of hydrogen-bond acceptors (Lipinski definition) is 2. The maximum atomic E-state index is 12.7. The normalized spacial score (nSPS) is 11.4. The highest BCUT2D eigenvalue weighted by Crippen LogP contribution is 2.33. The van der Waals surface area contributed by atoms with Crippen LogP contribution in [0, 0.1) is 13.8 Å². The van der Waals surface area contributed by atoms with E-state index in [1.165, 1.54) is 11.8 Å². The summed E-state index contributed by atoms with van der Waals surface area (Å²) >= 11 is 7.26. The molecule has 1 N–H and O–H groups in total. The number of rotatable bonds is 5. The Labute approximate surface area is 153 Å². The van der Waals surface area contributed by atoms with Gasteiger partial charge in [0.25, 0.3) is 0 Å². The van der Waals surface area contributed by atoms with E-state index >= 15 is 0 Å². The van der Waals surface area contributed by atoms with Crippen LogP contribution in [0.4, 0.5) is 18.9 Å². The van der Waals surface area contributed by atoms with Gasteiger partial charge in [-0.25, -0.2) is 0 Å². The summed E-state index contributed by atoms with van der Waals surface area (Å²) < 4.78 is 38.2. The summed E-state index contributed by atoms with van der Waals surface area (Å²) in [6, 6.07) is 9.00. The molecule has 0 aliphatic carbocycles. The lowest BCUT2D eigenvalue weighted by molar-refractivity contribution is -0.137. The molecular weight excluding hydrogens is 371 g/mol. The zero-order chi connectivity index (χ0) is 18.6. The van der Waals surface area contributed by atoms with Gasteiger partial charge in [0, 0.05) is 5.75 Å². The third-order valence-electron chi connectivity index (χ3n) is 3.35. The number of amides is 1. The Morgan fingerprint density at radius 1 is 1.12 bits per heavy atom. The fourth-order valence-electron chi connectivity index (χ4n) is 2.40. The van der Waals surface area contributed by atoms with Gasteiger partial charge in [-0.1, -0.05) is 40.9 Å². The maximum absolute atomic E-state index is 12.7. The molecule has 0 fully saturated rings. The van der Waals surface area contributed by atoms with Gasteiger partial charge in [-0.05, 0) is 37.6 Å². The second-order valence-electron chi connectivity index (χ2n) is 5.73. The molecule has 2 nitrogen and oxygen atoms in total. The average Bonchev–Trinajstić information content (AvgIpc) is 2.47. The van der Waals surface area contributed by atoms with Gasteiger partial charge in [0.05, 0.1) is 22.0 Å². The van der Waals surface area contributed by atoms with E-state index in [2.05, 4.69) is 11.4 Å². The molecule has 1 amide bonds. The molecule has 0 aliphatic heterocycles. The Morgan fingerprint density at radius 3 is 2.36 bits per heavy atom. The molecule has 134 valence electrons. The third-order valence-corrected chi connectivity index (χ3v) is 4.68. The van der Waals surface area contributed by atoms with Crippen molar-refractivity contribution in [3.05, 3.63) is 63.7 Å². The molecule has 0 unspecified atom stereocenters. The number of anilines is 1. The van der Waals surface area contributed by atoms with Gasteiger partial charge in [0.2, 0.25) is 5.91 Å². The summed E-state index contributed by atoms with van der Waals surface area (Å²) in [6.07, 6.45) is -4.48. The lowest BCUT2D eigenvalue weighted by atomic mass is 10.1. The topological polar surface area (TPSA) is 29.1 Å². The van der Waals surface area contributed by atoms with Crippen LogP contribution < -0.4 is 5.32 Å². The van der Waals surface area contributed by atoms with Crippen molar-refractivity contribution in [3.8, 4) is 0 Å². The Bertz CT molecular complexity index is 757. The van der Waals surface area contributed by atoms with E-state index in [1.807, 2.05) is 26.0 Å². The molecule has 2 aromatic rings. The maximum Gasteiger partial charge on any atom is 0.416 e. The fraction of sp³-hybridized carbons (Fsp3) is 0.278. The summed E-state index contributed by atoms with van der Waals surface area (Å²) in [6.45, 7) is 4.01. The number of carbonyl (C=O) groups is 1. The average molecular weight is 388 g/mol. The van der Waals surface area contributed by atoms with Gasteiger partial charge in [-0.3, -0.25) is 4.79 Å². The van der Waals surface area contributed by atoms with Crippen LogP contribution in [-0.2, 0) is 16.7 Å². The molecule has 0 aliphatic rings. The molecule has 0 spiro atoms. The first-order valence-corrected chi connectivity index (χ1v) is 9.00. The third kappa shape index (κ3) is 5.97. The van der Waals surface area contributed by atoms with Gasteiger partial charge in [0.1, 0.15) is 0 Å². The minimum atomic E-state index is -4.48. The van der Waals surface area contributed by atoms with Gasteiger partial charge in [0.15, 0.2) is 0 Å². The summed E-state index contributed by atoms with van der Waals surface area (Å²) in [4.78, 5) is 12.0. The molecule has 0 atom stereocenters. The molecule has 0 aromatic heterocycles. The Balaban J connectivity index is 1.94. The number of aryl methyl sites for hydroxylation is 2. The molecule has 2 aromatic carbocycles. The van der Waals surface area contributed by atoms with Crippen LogP contribution in [0.5, 0.6) is 0 Å². The number of halogens is 4. The molecule has 2 rings (SSSR count). The number of alkyl halides is 3. The van der Waals surface area contributed by atoms with Crippen molar-refractivity contribution in [2.45, 2.75) is 25.8 Å². The minimum absolute atomic E-state index is 0.0338. The zero-order valence-corrected chi connectivity index (χ0v) is 15.3. The summed E-state index contributed by atoms with van der Waals surface area (Å²) in [5, 5.41) is 2.51. The first-order valence-electron chi connectivity index (χ1n) is 7.46. The fourth-order valence-corrected chi connectivity index (χ4v) is 3.32. The van der Waals surface area contributed by atoms with E-state index in [9.17, 15) is 18.0 Å². The molecule has 0 saturated heterocycles. The van der Waals surface area contributed by atoms with Crippen LogP contribution in [0.15, 0.2) is 36.4 Å². The number of benzene rings is 2. The molecule has 25 heavy (non-hydrogen) atoms. The van der Waals surface area contributed by atoms with Crippen molar-refractivity contribution in [3.63, 3.8) is 0 Å². The van der Waals surface area contributed by atoms with Crippen molar-refractivity contribution < 1.29 is 18.0 Å². The number of thioether (sulfide) groups is 1.